The maximum absolute atomic E-state index is 13.2. The Hall–Kier alpha value is -5.60. The molecule has 0 radical (unpaired) electrons. The molecule has 276 valence electrons. The lowest BCUT2D eigenvalue weighted by Gasteiger charge is -2.48. The van der Waals surface area contributed by atoms with Crippen LogP contribution in [0.25, 0.3) is 11.1 Å². The molecule has 0 aliphatic carbocycles. The van der Waals surface area contributed by atoms with E-state index in [1.807, 2.05) is 42.5 Å². The Morgan fingerprint density at radius 2 is 1.38 bits per heavy atom. The fourth-order valence-electron chi connectivity index (χ4n) is 5.91. The van der Waals surface area contributed by atoms with Crippen molar-refractivity contribution in [2.45, 2.75) is 83.4 Å². The molecular weight excluding hydrogens is 676 g/mol. The molecule has 14 heteroatoms. The largest absolute Gasteiger partial charge is 0.477 e. The zero-order valence-corrected chi connectivity index (χ0v) is 29.2. The van der Waals surface area contributed by atoms with Gasteiger partial charge in [-0.3, -0.25) is 24.0 Å². The number of esters is 3. The van der Waals surface area contributed by atoms with E-state index in [0.29, 0.717) is 11.1 Å². The van der Waals surface area contributed by atoms with E-state index >= 15 is 0 Å². The molecule has 0 spiro atoms. The maximum Gasteiger partial charge on any atom is 0.364 e. The number of rotatable bonds is 15. The second kappa shape index (κ2) is 18.1. The molecule has 0 aromatic heterocycles. The van der Waals surface area contributed by atoms with Gasteiger partial charge in [0, 0.05) is 27.7 Å². The Morgan fingerprint density at radius 3 is 1.94 bits per heavy atom. The molecule has 0 unspecified atom stereocenters. The van der Waals surface area contributed by atoms with Crippen LogP contribution in [0.3, 0.4) is 0 Å². The highest BCUT2D eigenvalue weighted by atomic mass is 16.7. The van der Waals surface area contributed by atoms with Crippen LogP contribution in [0.1, 0.15) is 45.2 Å². The molecule has 52 heavy (non-hydrogen) atoms. The summed E-state index contributed by atoms with van der Waals surface area (Å²) >= 11 is 0. The quantitative estimate of drug-likeness (QED) is 0.154. The summed E-state index contributed by atoms with van der Waals surface area (Å²) in [5.74, 6) is -7.75. The van der Waals surface area contributed by atoms with Crippen LogP contribution in [0.5, 0.6) is 0 Å². The van der Waals surface area contributed by atoms with Crippen LogP contribution in [0.4, 0.5) is 0 Å². The number of hydrogen-bond acceptors (Lipinski definition) is 11. The van der Waals surface area contributed by atoms with E-state index in [4.69, 9.17) is 23.7 Å². The van der Waals surface area contributed by atoms with Gasteiger partial charge in [0.05, 0.1) is 32.0 Å². The first-order chi connectivity index (χ1) is 24.8. The topological polar surface area (TPSA) is 193 Å². The third-order valence-corrected chi connectivity index (χ3v) is 8.11. The van der Waals surface area contributed by atoms with Gasteiger partial charge in [0.15, 0.2) is 12.2 Å². The van der Waals surface area contributed by atoms with Gasteiger partial charge in [-0.25, -0.2) is 4.79 Å². The average Bonchev–Trinajstić information content (AvgIpc) is 3.09. The molecule has 3 N–H and O–H groups in total. The smallest absolute Gasteiger partial charge is 0.364 e. The number of carbonyl (C=O) groups excluding carboxylic acids is 5. The van der Waals surface area contributed by atoms with Crippen molar-refractivity contribution in [3.8, 4) is 11.1 Å². The maximum atomic E-state index is 13.2. The lowest BCUT2D eigenvalue weighted by atomic mass is 9.87. The normalized spacial score (nSPS) is 20.7. The molecule has 1 fully saturated rings. The monoisotopic (exact) mass is 718 g/mol. The van der Waals surface area contributed by atoms with E-state index in [0.717, 1.165) is 31.9 Å². The summed E-state index contributed by atoms with van der Waals surface area (Å²) < 4.78 is 28.7. The number of ether oxygens (including phenoxy) is 5. The molecule has 1 saturated heterocycles. The lowest BCUT2D eigenvalue weighted by Crippen LogP contribution is -2.69. The molecule has 0 saturated carbocycles. The molecular formula is C38H42N2O12. The Bertz CT molecular complexity index is 1720. The average molecular weight is 719 g/mol. The molecule has 1 aliphatic heterocycles. The molecule has 14 nitrogen and oxygen atoms in total. The summed E-state index contributed by atoms with van der Waals surface area (Å²) in [4.78, 5) is 75.9. The van der Waals surface area contributed by atoms with E-state index in [1.165, 1.54) is 6.92 Å². The molecule has 2 amide bonds. The van der Waals surface area contributed by atoms with E-state index < -0.39 is 84.9 Å². The van der Waals surface area contributed by atoms with Crippen molar-refractivity contribution >= 4 is 35.7 Å². The van der Waals surface area contributed by atoms with Gasteiger partial charge < -0.3 is 39.4 Å². The minimum Gasteiger partial charge on any atom is -0.477 e. The van der Waals surface area contributed by atoms with Crippen LogP contribution in [-0.4, -0.2) is 83.6 Å². The van der Waals surface area contributed by atoms with Crippen LogP contribution < -0.4 is 10.6 Å². The van der Waals surface area contributed by atoms with Crippen molar-refractivity contribution in [1.29, 1.82) is 0 Å². The summed E-state index contributed by atoms with van der Waals surface area (Å²) in [6, 6.07) is 24.3. The Morgan fingerprint density at radius 1 is 0.788 bits per heavy atom. The Balaban J connectivity index is 1.65. The number of benzene rings is 3. The highest BCUT2D eigenvalue weighted by molar-refractivity contribution is 5.79. The van der Waals surface area contributed by atoms with Gasteiger partial charge >= 0.3 is 23.9 Å². The predicted octanol–water partition coefficient (Wildman–Crippen LogP) is 3.10. The highest BCUT2D eigenvalue weighted by Gasteiger charge is 2.58. The van der Waals surface area contributed by atoms with E-state index in [-0.39, 0.29) is 13.0 Å². The molecule has 4 rings (SSSR count). The fraction of sp³-hybridized carbons (Fsp3) is 0.368. The van der Waals surface area contributed by atoms with E-state index in [1.54, 1.807) is 42.5 Å². The third kappa shape index (κ3) is 10.9. The molecule has 0 bridgehead atoms. The standard InChI is InChI=1S/C38H42N2O12/c1-23(41)40-34-31(49-24(2)42)20-38(37(46)47,48-22-28-11-7-5-8-12-28)52-36(34)35(51-26(4)44)32(50-25(3)43)21-39-33(45)19-27-15-17-30(18-16-27)29-13-9-6-10-14-29/h5-18,31-32,34-36H,19-22H2,1-4H3,(H,39,45)(H,40,41)(H,46,47)/t31-,32+,34+,35+,36+,38+/m0/s1. The number of amides is 2. The predicted molar refractivity (Wildman–Crippen MR) is 184 cm³/mol. The third-order valence-electron chi connectivity index (χ3n) is 8.11. The number of aliphatic carboxylic acids is 1. The number of nitrogens with one attached hydrogen (secondary N) is 2. The van der Waals surface area contributed by atoms with Crippen molar-refractivity contribution in [3.63, 3.8) is 0 Å². The van der Waals surface area contributed by atoms with Crippen molar-refractivity contribution in [2.24, 2.45) is 0 Å². The van der Waals surface area contributed by atoms with Crippen molar-refractivity contribution in [2.75, 3.05) is 6.54 Å². The van der Waals surface area contributed by atoms with Gasteiger partial charge in [0.25, 0.3) is 5.79 Å². The second-order valence-corrected chi connectivity index (χ2v) is 12.3. The fourth-order valence-corrected chi connectivity index (χ4v) is 5.91. The van der Waals surface area contributed by atoms with Gasteiger partial charge in [-0.05, 0) is 22.3 Å². The summed E-state index contributed by atoms with van der Waals surface area (Å²) in [7, 11) is 0. The lowest BCUT2D eigenvalue weighted by molar-refractivity contribution is -0.315. The zero-order valence-electron chi connectivity index (χ0n) is 29.2. The number of hydrogen-bond donors (Lipinski definition) is 3. The number of carboxylic acids is 1. The second-order valence-electron chi connectivity index (χ2n) is 12.3. The minimum atomic E-state index is -2.51. The van der Waals surface area contributed by atoms with Gasteiger partial charge in [0.2, 0.25) is 11.8 Å². The number of carbonyl (C=O) groups is 6. The molecule has 1 aliphatic rings. The van der Waals surface area contributed by atoms with Gasteiger partial charge in [-0.1, -0.05) is 84.9 Å². The molecule has 3 aromatic rings. The minimum absolute atomic E-state index is 0.0570. The SMILES string of the molecule is CC(=O)N[C@H]1[C@H]([C@H](OC(C)=O)[C@@H](CNC(=O)Cc2ccc(-c3ccccc3)cc2)OC(C)=O)O[C@@](OCc2ccccc2)(C(=O)O)C[C@@H]1OC(C)=O. The zero-order chi connectivity index (χ0) is 37.8. The van der Waals surface area contributed by atoms with E-state index in [2.05, 4.69) is 10.6 Å². The van der Waals surface area contributed by atoms with Gasteiger partial charge in [0.1, 0.15) is 12.2 Å². The Kier molecular flexibility index (Phi) is 13.6. The van der Waals surface area contributed by atoms with Gasteiger partial charge in [-0.2, -0.15) is 0 Å². The molecule has 1 heterocycles. The van der Waals surface area contributed by atoms with Crippen molar-refractivity contribution in [1.82, 2.24) is 10.6 Å². The van der Waals surface area contributed by atoms with Crippen molar-refractivity contribution < 1.29 is 57.6 Å². The van der Waals surface area contributed by atoms with Crippen LogP contribution in [0.15, 0.2) is 84.9 Å². The Labute approximate surface area is 300 Å². The van der Waals surface area contributed by atoms with E-state index in [9.17, 15) is 33.9 Å². The van der Waals surface area contributed by atoms with Gasteiger partial charge in [-0.15, -0.1) is 0 Å². The summed E-state index contributed by atoms with van der Waals surface area (Å²) in [5, 5.41) is 15.8. The summed E-state index contributed by atoms with van der Waals surface area (Å²) in [6.07, 6.45) is -6.84. The molecule has 3 aromatic carbocycles. The highest BCUT2D eigenvalue weighted by Crippen LogP contribution is 2.37. The van der Waals surface area contributed by atoms with Crippen LogP contribution >= 0.6 is 0 Å². The van der Waals surface area contributed by atoms with Crippen molar-refractivity contribution in [3.05, 3.63) is 96.1 Å². The summed E-state index contributed by atoms with van der Waals surface area (Å²) in [6.45, 7) is 3.74. The van der Waals surface area contributed by atoms with Crippen LogP contribution in [0, 0.1) is 0 Å². The van der Waals surface area contributed by atoms with Crippen LogP contribution in [-0.2, 0) is 65.5 Å². The number of carboxylic acid groups (broad SMARTS) is 1. The first-order valence-corrected chi connectivity index (χ1v) is 16.5. The first kappa shape index (κ1) is 39.2. The van der Waals surface area contributed by atoms with Crippen LogP contribution in [0.2, 0.25) is 0 Å². The first-order valence-electron chi connectivity index (χ1n) is 16.5. The molecule has 6 atom stereocenters. The summed E-state index contributed by atoms with van der Waals surface area (Å²) in [5.41, 5.74) is 3.24.